The van der Waals surface area contributed by atoms with Crippen LogP contribution in [0, 0.1) is 5.92 Å². The van der Waals surface area contributed by atoms with Crippen molar-refractivity contribution >= 4 is 5.97 Å². The van der Waals surface area contributed by atoms with Gasteiger partial charge in [-0.05, 0) is 19.8 Å². The number of hydrogen-bond acceptors (Lipinski definition) is 2. The summed E-state index contributed by atoms with van der Waals surface area (Å²) in [5, 5.41) is 9.14. The van der Waals surface area contributed by atoms with Crippen molar-refractivity contribution in [2.24, 2.45) is 5.92 Å². The SMILES string of the molecule is CCCCC(C(=O)O)C(CCC)OCC. The number of hydrogen-bond donors (Lipinski definition) is 1. The van der Waals surface area contributed by atoms with Gasteiger partial charge in [0.15, 0.2) is 0 Å². The average Bonchev–Trinajstić information content (AvgIpc) is 2.18. The van der Waals surface area contributed by atoms with Crippen molar-refractivity contribution in [3.8, 4) is 0 Å². The van der Waals surface area contributed by atoms with E-state index in [1.807, 2.05) is 6.92 Å². The molecule has 2 atom stereocenters. The molecule has 0 aliphatic heterocycles. The fraction of sp³-hybridized carbons (Fsp3) is 0.917. The Kier molecular flexibility index (Phi) is 8.38. The van der Waals surface area contributed by atoms with E-state index in [-0.39, 0.29) is 12.0 Å². The van der Waals surface area contributed by atoms with Crippen molar-refractivity contribution in [2.75, 3.05) is 6.61 Å². The minimum atomic E-state index is -0.713. The number of rotatable bonds is 9. The lowest BCUT2D eigenvalue weighted by molar-refractivity contribution is -0.148. The molecule has 3 nitrogen and oxygen atoms in total. The molecule has 0 fully saturated rings. The van der Waals surface area contributed by atoms with Crippen LogP contribution in [0.4, 0.5) is 0 Å². The van der Waals surface area contributed by atoms with Gasteiger partial charge in [-0.1, -0.05) is 33.1 Å². The molecule has 1 N–H and O–H groups in total. The highest BCUT2D eigenvalue weighted by Gasteiger charge is 2.27. The van der Waals surface area contributed by atoms with Crippen molar-refractivity contribution in [3.05, 3.63) is 0 Å². The quantitative estimate of drug-likeness (QED) is 0.644. The molecule has 0 aliphatic rings. The van der Waals surface area contributed by atoms with Gasteiger partial charge < -0.3 is 9.84 Å². The molecular formula is C12H24O3. The molecule has 0 spiro atoms. The number of carboxylic acid groups (broad SMARTS) is 1. The zero-order valence-electron chi connectivity index (χ0n) is 10.2. The molecule has 0 rings (SSSR count). The Morgan fingerprint density at radius 1 is 1.20 bits per heavy atom. The van der Waals surface area contributed by atoms with E-state index in [2.05, 4.69) is 13.8 Å². The van der Waals surface area contributed by atoms with Crippen LogP contribution < -0.4 is 0 Å². The lowest BCUT2D eigenvalue weighted by atomic mass is 9.93. The van der Waals surface area contributed by atoms with E-state index in [0.29, 0.717) is 6.61 Å². The predicted molar refractivity (Wildman–Crippen MR) is 61.0 cm³/mol. The zero-order chi connectivity index (χ0) is 11.7. The standard InChI is InChI=1S/C12H24O3/c1-4-7-9-10(12(13)14)11(8-5-2)15-6-3/h10-11H,4-9H2,1-3H3,(H,13,14). The van der Waals surface area contributed by atoms with Crippen molar-refractivity contribution in [1.29, 1.82) is 0 Å². The first kappa shape index (κ1) is 14.4. The van der Waals surface area contributed by atoms with E-state index in [4.69, 9.17) is 9.84 Å². The van der Waals surface area contributed by atoms with Crippen LogP contribution in [-0.4, -0.2) is 23.8 Å². The molecule has 0 aromatic heterocycles. The van der Waals surface area contributed by atoms with Crippen LogP contribution in [0.3, 0.4) is 0 Å². The number of carbonyl (C=O) groups is 1. The van der Waals surface area contributed by atoms with Gasteiger partial charge >= 0.3 is 5.97 Å². The normalized spacial score (nSPS) is 14.9. The van der Waals surface area contributed by atoms with Crippen LogP contribution in [0.2, 0.25) is 0 Å². The Morgan fingerprint density at radius 2 is 1.87 bits per heavy atom. The van der Waals surface area contributed by atoms with E-state index in [1.54, 1.807) is 0 Å². The van der Waals surface area contributed by atoms with E-state index >= 15 is 0 Å². The van der Waals surface area contributed by atoms with Gasteiger partial charge in [-0.25, -0.2) is 0 Å². The first-order valence-electron chi connectivity index (χ1n) is 6.01. The lowest BCUT2D eigenvalue weighted by Gasteiger charge is -2.23. The summed E-state index contributed by atoms with van der Waals surface area (Å²) in [4.78, 5) is 11.1. The van der Waals surface area contributed by atoms with Crippen LogP contribution in [0.5, 0.6) is 0 Å². The van der Waals surface area contributed by atoms with Gasteiger partial charge in [-0.3, -0.25) is 4.79 Å². The zero-order valence-corrected chi connectivity index (χ0v) is 10.2. The monoisotopic (exact) mass is 216 g/mol. The molecule has 3 heteroatoms. The summed E-state index contributed by atoms with van der Waals surface area (Å²) in [5.74, 6) is -1.04. The summed E-state index contributed by atoms with van der Waals surface area (Å²) in [6, 6.07) is 0. The van der Waals surface area contributed by atoms with Gasteiger partial charge in [-0.2, -0.15) is 0 Å². The predicted octanol–water partition coefficient (Wildman–Crippen LogP) is 3.08. The fourth-order valence-electron chi connectivity index (χ4n) is 1.79. The molecular weight excluding hydrogens is 192 g/mol. The van der Waals surface area contributed by atoms with Crippen LogP contribution >= 0.6 is 0 Å². The average molecular weight is 216 g/mol. The van der Waals surface area contributed by atoms with E-state index in [0.717, 1.165) is 32.1 Å². The van der Waals surface area contributed by atoms with Gasteiger partial charge in [0.25, 0.3) is 0 Å². The Hall–Kier alpha value is -0.570. The van der Waals surface area contributed by atoms with Crippen molar-refractivity contribution < 1.29 is 14.6 Å². The van der Waals surface area contributed by atoms with Crippen molar-refractivity contribution in [1.82, 2.24) is 0 Å². The number of carboxylic acids is 1. The first-order valence-corrected chi connectivity index (χ1v) is 6.01. The van der Waals surface area contributed by atoms with Gasteiger partial charge in [-0.15, -0.1) is 0 Å². The number of ether oxygens (including phenoxy) is 1. The van der Waals surface area contributed by atoms with E-state index in [1.165, 1.54) is 0 Å². The highest BCUT2D eigenvalue weighted by molar-refractivity contribution is 5.70. The molecule has 0 aliphatic carbocycles. The van der Waals surface area contributed by atoms with E-state index < -0.39 is 5.97 Å². The van der Waals surface area contributed by atoms with E-state index in [9.17, 15) is 4.79 Å². The Morgan fingerprint density at radius 3 is 2.27 bits per heavy atom. The third-order valence-corrected chi connectivity index (χ3v) is 2.59. The second kappa shape index (κ2) is 8.72. The largest absolute Gasteiger partial charge is 0.481 e. The maximum atomic E-state index is 11.1. The molecule has 0 saturated carbocycles. The summed E-state index contributed by atoms with van der Waals surface area (Å²) >= 11 is 0. The molecule has 0 saturated heterocycles. The Balaban J connectivity index is 4.30. The van der Waals surface area contributed by atoms with Gasteiger partial charge in [0, 0.05) is 6.61 Å². The summed E-state index contributed by atoms with van der Waals surface area (Å²) < 4.78 is 5.52. The summed E-state index contributed by atoms with van der Waals surface area (Å²) in [6.07, 6.45) is 4.44. The summed E-state index contributed by atoms with van der Waals surface area (Å²) in [6.45, 7) is 6.65. The Labute approximate surface area is 92.8 Å². The molecule has 0 radical (unpaired) electrons. The molecule has 90 valence electrons. The van der Waals surface area contributed by atoms with Gasteiger partial charge in [0.1, 0.15) is 0 Å². The highest BCUT2D eigenvalue weighted by atomic mass is 16.5. The maximum Gasteiger partial charge on any atom is 0.309 e. The molecule has 15 heavy (non-hydrogen) atoms. The Bertz CT molecular complexity index is 162. The molecule has 2 unspecified atom stereocenters. The minimum Gasteiger partial charge on any atom is -0.481 e. The van der Waals surface area contributed by atoms with Crippen LogP contribution in [0.1, 0.15) is 52.9 Å². The van der Waals surface area contributed by atoms with Gasteiger partial charge in [0.05, 0.1) is 12.0 Å². The summed E-state index contributed by atoms with van der Waals surface area (Å²) in [5.41, 5.74) is 0. The third-order valence-electron chi connectivity index (χ3n) is 2.59. The van der Waals surface area contributed by atoms with Gasteiger partial charge in [0.2, 0.25) is 0 Å². The molecule has 0 aromatic carbocycles. The van der Waals surface area contributed by atoms with Crippen molar-refractivity contribution in [3.63, 3.8) is 0 Å². The summed E-state index contributed by atoms with van der Waals surface area (Å²) in [7, 11) is 0. The molecule has 0 aromatic rings. The lowest BCUT2D eigenvalue weighted by Crippen LogP contribution is -2.30. The van der Waals surface area contributed by atoms with Crippen LogP contribution in [-0.2, 0) is 9.53 Å². The second-order valence-corrected chi connectivity index (χ2v) is 3.87. The topological polar surface area (TPSA) is 46.5 Å². The van der Waals surface area contributed by atoms with Crippen LogP contribution in [0.15, 0.2) is 0 Å². The van der Waals surface area contributed by atoms with Crippen LogP contribution in [0.25, 0.3) is 0 Å². The molecule has 0 bridgehead atoms. The molecule has 0 heterocycles. The number of unbranched alkanes of at least 4 members (excludes halogenated alkanes) is 1. The third kappa shape index (κ3) is 5.78. The molecule has 0 amide bonds. The fourth-order valence-corrected chi connectivity index (χ4v) is 1.79. The van der Waals surface area contributed by atoms with Crippen molar-refractivity contribution in [2.45, 2.75) is 59.0 Å². The minimum absolute atomic E-state index is 0.107. The maximum absolute atomic E-state index is 11.1. The highest BCUT2D eigenvalue weighted by Crippen LogP contribution is 2.20. The number of aliphatic carboxylic acids is 1. The second-order valence-electron chi connectivity index (χ2n) is 3.87. The first-order chi connectivity index (χ1) is 7.17. The smallest absolute Gasteiger partial charge is 0.309 e.